The van der Waals surface area contributed by atoms with Gasteiger partial charge in [0.25, 0.3) is 0 Å². The summed E-state index contributed by atoms with van der Waals surface area (Å²) in [6.45, 7) is 1.08. The van der Waals surface area contributed by atoms with Crippen LogP contribution in [0.4, 0.5) is 4.39 Å². The van der Waals surface area contributed by atoms with Crippen molar-refractivity contribution in [1.29, 1.82) is 0 Å². The molecule has 0 atom stereocenters. The summed E-state index contributed by atoms with van der Waals surface area (Å²) in [7, 11) is 0. The van der Waals surface area contributed by atoms with Gasteiger partial charge in [0.15, 0.2) is 5.82 Å². The van der Waals surface area contributed by atoms with Crippen LogP contribution in [0.2, 0.25) is 5.02 Å². The first-order valence-corrected chi connectivity index (χ1v) is 6.34. The van der Waals surface area contributed by atoms with Gasteiger partial charge >= 0.3 is 5.97 Å². The fourth-order valence-corrected chi connectivity index (χ4v) is 2.15. The monoisotopic (exact) mass is 285 g/mol. The molecule has 6 heteroatoms. The predicted octanol–water partition coefficient (Wildman–Crippen LogP) is 2.26. The SMILES string of the molecule is O=CN1CCC(OC(=O)c2cccc(Cl)c2F)CC1. The van der Waals surface area contributed by atoms with E-state index in [2.05, 4.69) is 0 Å². The molecule has 1 heterocycles. The summed E-state index contributed by atoms with van der Waals surface area (Å²) in [5, 5.41) is -0.106. The fourth-order valence-electron chi connectivity index (χ4n) is 1.98. The number of amides is 1. The number of nitrogens with zero attached hydrogens (tertiary/aromatic N) is 1. The van der Waals surface area contributed by atoms with Crippen LogP contribution in [0, 0.1) is 5.82 Å². The van der Waals surface area contributed by atoms with Crippen LogP contribution in [0.3, 0.4) is 0 Å². The van der Waals surface area contributed by atoms with Gasteiger partial charge in [-0.25, -0.2) is 9.18 Å². The van der Waals surface area contributed by atoms with Crippen LogP contribution in [-0.4, -0.2) is 36.5 Å². The van der Waals surface area contributed by atoms with Crippen LogP contribution in [0.15, 0.2) is 18.2 Å². The largest absolute Gasteiger partial charge is 0.459 e. The Kier molecular flexibility index (Phi) is 4.37. The van der Waals surface area contributed by atoms with E-state index in [0.29, 0.717) is 25.9 Å². The van der Waals surface area contributed by atoms with Crippen molar-refractivity contribution in [3.05, 3.63) is 34.6 Å². The van der Waals surface area contributed by atoms with E-state index in [1.54, 1.807) is 4.90 Å². The second-order valence-corrected chi connectivity index (χ2v) is 4.75. The van der Waals surface area contributed by atoms with Gasteiger partial charge < -0.3 is 9.64 Å². The molecule has 0 saturated carbocycles. The summed E-state index contributed by atoms with van der Waals surface area (Å²) in [4.78, 5) is 24.0. The second kappa shape index (κ2) is 6.02. The predicted molar refractivity (Wildman–Crippen MR) is 67.5 cm³/mol. The number of piperidine rings is 1. The van der Waals surface area contributed by atoms with E-state index >= 15 is 0 Å². The number of ether oxygens (including phenoxy) is 1. The molecule has 2 rings (SSSR count). The first-order valence-electron chi connectivity index (χ1n) is 5.96. The maximum atomic E-state index is 13.6. The Morgan fingerprint density at radius 1 is 1.42 bits per heavy atom. The van der Waals surface area contributed by atoms with E-state index in [1.165, 1.54) is 18.2 Å². The van der Waals surface area contributed by atoms with Gasteiger partial charge in [-0.1, -0.05) is 17.7 Å². The number of likely N-dealkylation sites (tertiary alicyclic amines) is 1. The summed E-state index contributed by atoms with van der Waals surface area (Å²) >= 11 is 5.61. The fraction of sp³-hybridized carbons (Fsp3) is 0.385. The van der Waals surface area contributed by atoms with E-state index in [1.807, 2.05) is 0 Å². The lowest BCUT2D eigenvalue weighted by atomic mass is 10.1. The Balaban J connectivity index is 1.98. The number of esters is 1. The lowest BCUT2D eigenvalue weighted by Crippen LogP contribution is -2.37. The van der Waals surface area contributed by atoms with Crippen LogP contribution < -0.4 is 0 Å². The van der Waals surface area contributed by atoms with Crippen molar-refractivity contribution in [2.75, 3.05) is 13.1 Å². The smallest absolute Gasteiger partial charge is 0.341 e. The molecule has 0 N–H and O–H groups in total. The number of benzene rings is 1. The molecule has 0 aliphatic carbocycles. The zero-order valence-electron chi connectivity index (χ0n) is 10.1. The first kappa shape index (κ1) is 13.8. The van der Waals surface area contributed by atoms with E-state index < -0.39 is 11.8 Å². The van der Waals surface area contributed by atoms with Crippen LogP contribution in [-0.2, 0) is 9.53 Å². The topological polar surface area (TPSA) is 46.6 Å². The van der Waals surface area contributed by atoms with E-state index in [9.17, 15) is 14.0 Å². The summed E-state index contributed by atoms with van der Waals surface area (Å²) < 4.78 is 18.9. The Morgan fingerprint density at radius 3 is 2.74 bits per heavy atom. The van der Waals surface area contributed by atoms with Crippen molar-refractivity contribution in [3.63, 3.8) is 0 Å². The highest BCUT2D eigenvalue weighted by molar-refractivity contribution is 6.31. The Bertz CT molecular complexity index is 487. The van der Waals surface area contributed by atoms with Gasteiger partial charge in [0.2, 0.25) is 6.41 Å². The molecule has 1 amide bonds. The highest BCUT2D eigenvalue weighted by Crippen LogP contribution is 2.20. The standard InChI is InChI=1S/C13H13ClFNO3/c14-11-3-1-2-10(12(11)15)13(18)19-9-4-6-16(8-17)7-5-9/h1-3,8-9H,4-7H2. The third kappa shape index (κ3) is 3.23. The van der Waals surface area contributed by atoms with Crippen molar-refractivity contribution in [1.82, 2.24) is 4.90 Å². The Morgan fingerprint density at radius 2 is 2.11 bits per heavy atom. The number of hydrogen-bond acceptors (Lipinski definition) is 3. The normalized spacial score (nSPS) is 16.2. The molecule has 4 nitrogen and oxygen atoms in total. The van der Waals surface area contributed by atoms with Crippen LogP contribution in [0.25, 0.3) is 0 Å². The first-order chi connectivity index (χ1) is 9.11. The highest BCUT2D eigenvalue weighted by atomic mass is 35.5. The van der Waals surface area contributed by atoms with Gasteiger partial charge in [0, 0.05) is 25.9 Å². The van der Waals surface area contributed by atoms with Crippen molar-refractivity contribution >= 4 is 24.0 Å². The Labute approximate surface area is 115 Å². The number of halogens is 2. The lowest BCUT2D eigenvalue weighted by molar-refractivity contribution is -0.120. The summed E-state index contributed by atoms with van der Waals surface area (Å²) in [6.07, 6.45) is 1.61. The third-order valence-corrected chi connectivity index (χ3v) is 3.36. The molecule has 0 aromatic heterocycles. The summed E-state index contributed by atoms with van der Waals surface area (Å²) in [6, 6.07) is 4.21. The quantitative estimate of drug-likeness (QED) is 0.632. The van der Waals surface area contributed by atoms with Gasteiger partial charge in [0.1, 0.15) is 6.10 Å². The zero-order valence-corrected chi connectivity index (χ0v) is 10.9. The zero-order chi connectivity index (χ0) is 13.8. The molecule has 1 aromatic rings. The maximum absolute atomic E-state index is 13.6. The molecule has 0 bridgehead atoms. The second-order valence-electron chi connectivity index (χ2n) is 4.35. The Hall–Kier alpha value is -1.62. The van der Waals surface area contributed by atoms with E-state index in [-0.39, 0.29) is 16.7 Å². The molecule has 0 radical (unpaired) electrons. The van der Waals surface area contributed by atoms with Crippen molar-refractivity contribution < 1.29 is 18.7 Å². The number of carbonyl (C=O) groups is 2. The maximum Gasteiger partial charge on any atom is 0.341 e. The minimum Gasteiger partial charge on any atom is -0.459 e. The minimum atomic E-state index is -0.764. The number of carbonyl (C=O) groups excluding carboxylic acids is 2. The average molecular weight is 286 g/mol. The molecular weight excluding hydrogens is 273 g/mol. The molecule has 1 aliphatic heterocycles. The van der Waals surface area contributed by atoms with Crippen molar-refractivity contribution in [2.45, 2.75) is 18.9 Å². The molecule has 1 saturated heterocycles. The van der Waals surface area contributed by atoms with Crippen molar-refractivity contribution in [3.8, 4) is 0 Å². The number of hydrogen-bond donors (Lipinski definition) is 0. The van der Waals surface area contributed by atoms with Gasteiger partial charge in [-0.3, -0.25) is 4.79 Å². The highest BCUT2D eigenvalue weighted by Gasteiger charge is 2.23. The average Bonchev–Trinajstić information content (AvgIpc) is 2.42. The molecule has 102 valence electrons. The van der Waals surface area contributed by atoms with Gasteiger partial charge in [-0.15, -0.1) is 0 Å². The third-order valence-electron chi connectivity index (χ3n) is 3.07. The van der Waals surface area contributed by atoms with E-state index in [0.717, 1.165) is 6.41 Å². The van der Waals surface area contributed by atoms with Gasteiger partial charge in [-0.2, -0.15) is 0 Å². The lowest BCUT2D eigenvalue weighted by Gasteiger charge is -2.28. The van der Waals surface area contributed by atoms with Gasteiger partial charge in [-0.05, 0) is 12.1 Å². The minimum absolute atomic E-state index is 0.106. The van der Waals surface area contributed by atoms with Crippen LogP contribution >= 0.6 is 11.6 Å². The van der Waals surface area contributed by atoms with Crippen LogP contribution in [0.1, 0.15) is 23.2 Å². The molecule has 0 spiro atoms. The molecular formula is C13H13ClFNO3. The molecule has 19 heavy (non-hydrogen) atoms. The van der Waals surface area contributed by atoms with E-state index in [4.69, 9.17) is 16.3 Å². The molecule has 1 fully saturated rings. The summed E-state index contributed by atoms with van der Waals surface area (Å²) in [5.74, 6) is -1.48. The molecule has 1 aliphatic rings. The van der Waals surface area contributed by atoms with Crippen LogP contribution in [0.5, 0.6) is 0 Å². The molecule has 0 unspecified atom stereocenters. The summed E-state index contributed by atoms with van der Waals surface area (Å²) in [5.41, 5.74) is -0.162. The molecule has 1 aromatic carbocycles. The van der Waals surface area contributed by atoms with Gasteiger partial charge in [0.05, 0.1) is 10.6 Å². The number of rotatable bonds is 3. The van der Waals surface area contributed by atoms with Crippen molar-refractivity contribution in [2.24, 2.45) is 0 Å².